The van der Waals surface area contributed by atoms with Gasteiger partial charge in [-0.15, -0.1) is 0 Å². The van der Waals surface area contributed by atoms with Crippen molar-refractivity contribution in [3.8, 4) is 0 Å². The van der Waals surface area contributed by atoms with Gasteiger partial charge in [-0.2, -0.15) is 13.2 Å². The van der Waals surface area contributed by atoms with Gasteiger partial charge in [0.15, 0.2) is 0 Å². The third-order valence-electron chi connectivity index (χ3n) is 2.20. The molecule has 0 atom stereocenters. The molecule has 0 aliphatic heterocycles. The summed E-state index contributed by atoms with van der Waals surface area (Å²) in [7, 11) is 0. The van der Waals surface area contributed by atoms with Crippen molar-refractivity contribution in [2.75, 3.05) is 11.1 Å². The van der Waals surface area contributed by atoms with Crippen LogP contribution in [0.4, 0.5) is 24.5 Å². The number of halogens is 3. The molecule has 1 amide bonds. The molecule has 6 heteroatoms. The summed E-state index contributed by atoms with van der Waals surface area (Å²) in [5.74, 6) is -0.691. The fourth-order valence-corrected chi connectivity index (χ4v) is 1.32. The minimum Gasteiger partial charge on any atom is -0.397 e. The van der Waals surface area contributed by atoms with Crippen LogP contribution >= 0.6 is 0 Å². The molecular weight excluding hydrogens is 233 g/mol. The van der Waals surface area contributed by atoms with Crippen molar-refractivity contribution in [1.29, 1.82) is 0 Å². The normalized spacial score (nSPS) is 11.3. The summed E-state index contributed by atoms with van der Waals surface area (Å²) in [4.78, 5) is 11.3. The number of anilines is 2. The van der Waals surface area contributed by atoms with Crippen molar-refractivity contribution in [3.05, 3.63) is 23.8 Å². The first kappa shape index (κ1) is 13.3. The van der Waals surface area contributed by atoms with Gasteiger partial charge in [0.1, 0.15) is 0 Å². The zero-order chi connectivity index (χ0) is 13.1. The standard InChI is InChI=1S/C11H13F3N2O/c1-7-3-2-4-8(15)10(7)16-9(17)5-6-11(12,13)14/h2-4H,5-6,15H2,1H3,(H,16,17). The average molecular weight is 246 g/mol. The van der Waals surface area contributed by atoms with Crippen molar-refractivity contribution < 1.29 is 18.0 Å². The van der Waals surface area contributed by atoms with Crippen LogP contribution in [-0.4, -0.2) is 12.1 Å². The van der Waals surface area contributed by atoms with E-state index in [-0.39, 0.29) is 0 Å². The number of para-hydroxylation sites is 1. The zero-order valence-corrected chi connectivity index (χ0v) is 9.27. The number of hydrogen-bond acceptors (Lipinski definition) is 2. The first-order valence-corrected chi connectivity index (χ1v) is 5.01. The van der Waals surface area contributed by atoms with Gasteiger partial charge in [-0.3, -0.25) is 4.79 Å². The van der Waals surface area contributed by atoms with Gasteiger partial charge in [-0.05, 0) is 18.6 Å². The van der Waals surface area contributed by atoms with Crippen LogP contribution in [0.3, 0.4) is 0 Å². The summed E-state index contributed by atoms with van der Waals surface area (Å²) in [6.45, 7) is 1.72. The largest absolute Gasteiger partial charge is 0.397 e. The topological polar surface area (TPSA) is 55.1 Å². The highest BCUT2D eigenvalue weighted by Gasteiger charge is 2.28. The molecule has 0 saturated carbocycles. The molecule has 0 heterocycles. The van der Waals surface area contributed by atoms with Gasteiger partial charge >= 0.3 is 6.18 Å². The van der Waals surface area contributed by atoms with Gasteiger partial charge < -0.3 is 11.1 Å². The molecular formula is C11H13F3N2O. The van der Waals surface area contributed by atoms with E-state index in [2.05, 4.69) is 5.32 Å². The second kappa shape index (κ2) is 5.07. The van der Waals surface area contributed by atoms with Gasteiger partial charge in [-0.1, -0.05) is 12.1 Å². The van der Waals surface area contributed by atoms with Gasteiger partial charge in [0.05, 0.1) is 17.8 Å². The maximum absolute atomic E-state index is 11.9. The lowest BCUT2D eigenvalue weighted by Gasteiger charge is -2.11. The van der Waals surface area contributed by atoms with Crippen LogP contribution in [0.15, 0.2) is 18.2 Å². The number of nitrogens with one attached hydrogen (secondary N) is 1. The van der Waals surface area contributed by atoms with E-state index in [4.69, 9.17) is 5.73 Å². The predicted octanol–water partition coefficient (Wildman–Crippen LogP) is 2.86. The second-order valence-electron chi connectivity index (χ2n) is 3.70. The molecule has 1 aromatic rings. The van der Waals surface area contributed by atoms with Crippen LogP contribution < -0.4 is 11.1 Å². The fourth-order valence-electron chi connectivity index (χ4n) is 1.32. The summed E-state index contributed by atoms with van der Waals surface area (Å²) >= 11 is 0. The van der Waals surface area contributed by atoms with E-state index < -0.39 is 24.9 Å². The Morgan fingerprint density at radius 3 is 2.59 bits per heavy atom. The highest BCUT2D eigenvalue weighted by atomic mass is 19.4. The Labute approximate surface area is 96.8 Å². The zero-order valence-electron chi connectivity index (χ0n) is 9.27. The molecule has 3 nitrogen and oxygen atoms in total. The third kappa shape index (κ3) is 4.34. The molecule has 94 valence electrons. The number of nitrogens with two attached hydrogens (primary N) is 1. The van der Waals surface area contributed by atoms with Gasteiger partial charge in [0, 0.05) is 6.42 Å². The lowest BCUT2D eigenvalue weighted by atomic mass is 10.1. The smallest absolute Gasteiger partial charge is 0.389 e. The molecule has 0 saturated heterocycles. The number of nitrogen functional groups attached to an aromatic ring is 1. The molecule has 0 radical (unpaired) electrons. The first-order valence-electron chi connectivity index (χ1n) is 5.01. The number of carbonyl (C=O) groups excluding carboxylic acids is 1. The number of aryl methyl sites for hydroxylation is 1. The van der Waals surface area contributed by atoms with E-state index in [0.717, 1.165) is 0 Å². The van der Waals surface area contributed by atoms with E-state index >= 15 is 0 Å². The highest BCUT2D eigenvalue weighted by Crippen LogP contribution is 2.24. The molecule has 0 aliphatic rings. The molecule has 0 bridgehead atoms. The molecule has 3 N–H and O–H groups in total. The average Bonchev–Trinajstić information content (AvgIpc) is 2.20. The molecule has 1 aromatic carbocycles. The molecule has 0 fully saturated rings. The quantitative estimate of drug-likeness (QED) is 0.806. The van der Waals surface area contributed by atoms with Gasteiger partial charge in [-0.25, -0.2) is 0 Å². The maximum Gasteiger partial charge on any atom is 0.389 e. The van der Waals surface area contributed by atoms with Gasteiger partial charge in [0.2, 0.25) is 5.91 Å². The van der Waals surface area contributed by atoms with Crippen molar-refractivity contribution in [1.82, 2.24) is 0 Å². The highest BCUT2D eigenvalue weighted by molar-refractivity contribution is 5.94. The third-order valence-corrected chi connectivity index (χ3v) is 2.20. The SMILES string of the molecule is Cc1cccc(N)c1NC(=O)CCC(F)(F)F. The van der Waals surface area contributed by atoms with Crippen LogP contribution in [0.5, 0.6) is 0 Å². The molecule has 1 rings (SSSR count). The Morgan fingerprint density at radius 1 is 1.41 bits per heavy atom. The first-order chi connectivity index (χ1) is 7.79. The lowest BCUT2D eigenvalue weighted by molar-refractivity contribution is -0.142. The van der Waals surface area contributed by atoms with E-state index in [1.807, 2.05) is 0 Å². The van der Waals surface area contributed by atoms with Gasteiger partial charge in [0.25, 0.3) is 0 Å². The Balaban J connectivity index is 2.63. The fraction of sp³-hybridized carbons (Fsp3) is 0.364. The van der Waals surface area contributed by atoms with E-state index in [1.54, 1.807) is 25.1 Å². The summed E-state index contributed by atoms with van der Waals surface area (Å²) in [5.41, 5.74) is 7.04. The molecule has 17 heavy (non-hydrogen) atoms. The Morgan fingerprint density at radius 2 is 2.06 bits per heavy atom. The van der Waals surface area contributed by atoms with Crippen molar-refractivity contribution in [3.63, 3.8) is 0 Å². The number of benzene rings is 1. The summed E-state index contributed by atoms with van der Waals surface area (Å²) in [6.07, 6.45) is -6.06. The molecule has 0 spiro atoms. The van der Waals surface area contributed by atoms with E-state index in [0.29, 0.717) is 16.9 Å². The number of carbonyl (C=O) groups is 1. The summed E-state index contributed by atoms with van der Waals surface area (Å²) in [5, 5.41) is 2.39. The Bertz CT molecular complexity index is 395. The lowest BCUT2D eigenvalue weighted by Crippen LogP contribution is -2.17. The Hall–Kier alpha value is -1.72. The molecule has 0 aliphatic carbocycles. The van der Waals surface area contributed by atoms with Crippen LogP contribution in [0, 0.1) is 6.92 Å². The van der Waals surface area contributed by atoms with Crippen molar-refractivity contribution >= 4 is 17.3 Å². The summed E-state index contributed by atoms with van der Waals surface area (Å²) in [6, 6.07) is 5.00. The number of alkyl halides is 3. The molecule has 0 unspecified atom stereocenters. The number of rotatable bonds is 3. The van der Waals surface area contributed by atoms with Crippen LogP contribution in [0.2, 0.25) is 0 Å². The predicted molar refractivity (Wildman–Crippen MR) is 59.5 cm³/mol. The minimum atomic E-state index is -4.32. The monoisotopic (exact) mass is 246 g/mol. The maximum atomic E-state index is 11.9. The van der Waals surface area contributed by atoms with Crippen LogP contribution in [0.25, 0.3) is 0 Å². The number of hydrogen-bond donors (Lipinski definition) is 2. The second-order valence-corrected chi connectivity index (χ2v) is 3.70. The van der Waals surface area contributed by atoms with Crippen LogP contribution in [0.1, 0.15) is 18.4 Å². The van der Waals surface area contributed by atoms with E-state index in [9.17, 15) is 18.0 Å². The molecule has 0 aromatic heterocycles. The number of amides is 1. The summed E-state index contributed by atoms with van der Waals surface area (Å²) < 4.78 is 35.7. The van der Waals surface area contributed by atoms with E-state index in [1.165, 1.54) is 0 Å². The Kier molecular flexibility index (Phi) is 3.98. The minimum absolute atomic E-state index is 0.338. The van der Waals surface area contributed by atoms with Crippen molar-refractivity contribution in [2.45, 2.75) is 25.9 Å². The van der Waals surface area contributed by atoms with Crippen molar-refractivity contribution in [2.24, 2.45) is 0 Å². The van der Waals surface area contributed by atoms with Crippen LogP contribution in [-0.2, 0) is 4.79 Å².